The van der Waals surface area contributed by atoms with Crippen LogP contribution >= 0.6 is 11.8 Å². The molecule has 0 radical (unpaired) electrons. The molecule has 2 aromatic rings. The molecule has 0 aromatic heterocycles. The zero-order chi connectivity index (χ0) is 23.8. The third-order valence-corrected chi connectivity index (χ3v) is 9.81. The summed E-state index contributed by atoms with van der Waals surface area (Å²) in [6.07, 6.45) is 2.70. The molecule has 2 aliphatic heterocycles. The number of piperidine rings is 1. The molecular weight excluding hydrogens is 458 g/mol. The van der Waals surface area contributed by atoms with E-state index in [1.807, 2.05) is 19.1 Å². The second kappa shape index (κ2) is 9.84. The lowest BCUT2D eigenvalue weighted by atomic mass is 9.92. The summed E-state index contributed by atoms with van der Waals surface area (Å²) in [6.45, 7) is 5.51. The van der Waals surface area contributed by atoms with Crippen LogP contribution in [-0.4, -0.2) is 74.2 Å². The molecule has 0 amide bonds. The molecule has 2 aromatic carbocycles. The van der Waals surface area contributed by atoms with E-state index < -0.39 is 10.0 Å². The number of aliphatic hydroxyl groups excluding tert-OH is 1. The molecule has 33 heavy (non-hydrogen) atoms. The first-order valence-electron chi connectivity index (χ1n) is 11.4. The number of rotatable bonds is 7. The highest BCUT2D eigenvalue weighted by Crippen LogP contribution is 2.51. The average molecular weight is 492 g/mol. The first-order valence-corrected chi connectivity index (χ1v) is 13.7. The molecule has 0 aliphatic carbocycles. The van der Waals surface area contributed by atoms with Gasteiger partial charge in [0.2, 0.25) is 10.0 Å². The van der Waals surface area contributed by atoms with Gasteiger partial charge in [0.1, 0.15) is 5.75 Å². The minimum Gasteiger partial charge on any atom is -0.508 e. The van der Waals surface area contributed by atoms with Crippen molar-refractivity contribution in [3.05, 3.63) is 36.4 Å². The van der Waals surface area contributed by atoms with Gasteiger partial charge in [-0.2, -0.15) is 0 Å². The Hall–Kier alpha value is -1.78. The molecule has 0 saturated carbocycles. The third kappa shape index (κ3) is 5.02. The van der Waals surface area contributed by atoms with Crippen LogP contribution in [0, 0.1) is 5.92 Å². The van der Waals surface area contributed by atoms with Crippen molar-refractivity contribution in [2.45, 2.75) is 47.0 Å². The van der Waals surface area contributed by atoms with Crippen LogP contribution < -0.4 is 4.90 Å². The molecule has 2 N–H and O–H groups in total. The van der Waals surface area contributed by atoms with Crippen molar-refractivity contribution in [1.29, 1.82) is 0 Å². The Labute approximate surface area is 201 Å². The summed E-state index contributed by atoms with van der Waals surface area (Å²) < 4.78 is 27.2. The van der Waals surface area contributed by atoms with Crippen LogP contribution in [0.25, 0.3) is 0 Å². The molecule has 2 heterocycles. The zero-order valence-electron chi connectivity index (χ0n) is 19.4. The van der Waals surface area contributed by atoms with Crippen molar-refractivity contribution in [3.63, 3.8) is 0 Å². The molecule has 9 heteroatoms. The minimum atomic E-state index is -3.59. The van der Waals surface area contributed by atoms with Crippen LogP contribution in [0.1, 0.15) is 26.2 Å². The van der Waals surface area contributed by atoms with Gasteiger partial charge in [-0.25, -0.2) is 12.7 Å². The summed E-state index contributed by atoms with van der Waals surface area (Å²) in [4.78, 5) is 6.54. The van der Waals surface area contributed by atoms with Crippen LogP contribution in [0.3, 0.4) is 0 Å². The van der Waals surface area contributed by atoms with E-state index in [2.05, 4.69) is 9.80 Å². The number of likely N-dealkylation sites (tertiary alicyclic amines) is 1. The van der Waals surface area contributed by atoms with Gasteiger partial charge in [-0.1, -0.05) is 17.8 Å². The van der Waals surface area contributed by atoms with Gasteiger partial charge < -0.3 is 20.0 Å². The number of fused-ring (bicyclic) bond motifs is 2. The summed E-state index contributed by atoms with van der Waals surface area (Å²) in [5.41, 5.74) is 1.76. The van der Waals surface area contributed by atoms with Crippen LogP contribution in [0.15, 0.2) is 51.1 Å². The van der Waals surface area contributed by atoms with E-state index in [0.29, 0.717) is 17.4 Å². The van der Waals surface area contributed by atoms with E-state index in [-0.39, 0.29) is 11.9 Å². The lowest BCUT2D eigenvalue weighted by Gasteiger charge is -2.36. The molecular formula is C24H33N3O4S2. The molecule has 4 rings (SSSR count). The number of hydrogen-bond acceptors (Lipinski definition) is 7. The number of nitrogens with zero attached hydrogens (tertiary/aromatic N) is 3. The van der Waals surface area contributed by atoms with Gasteiger partial charge in [0.25, 0.3) is 0 Å². The number of phenols is 1. The molecule has 0 spiro atoms. The minimum absolute atomic E-state index is 0.195. The van der Waals surface area contributed by atoms with Gasteiger partial charge in [0.05, 0.1) is 27.3 Å². The van der Waals surface area contributed by atoms with Crippen LogP contribution in [0.2, 0.25) is 0 Å². The van der Waals surface area contributed by atoms with E-state index in [4.69, 9.17) is 0 Å². The molecule has 0 bridgehead atoms. The largest absolute Gasteiger partial charge is 0.508 e. The smallest absolute Gasteiger partial charge is 0.243 e. The number of hydrogen-bond donors (Lipinski definition) is 2. The van der Waals surface area contributed by atoms with Gasteiger partial charge in [-0.15, -0.1) is 0 Å². The van der Waals surface area contributed by atoms with Crippen molar-refractivity contribution in [2.75, 3.05) is 45.2 Å². The first-order chi connectivity index (χ1) is 15.7. The number of sulfonamides is 1. The van der Waals surface area contributed by atoms with Gasteiger partial charge in [0.15, 0.2) is 0 Å². The topological polar surface area (TPSA) is 84.3 Å². The SMILES string of the molecule is CC(O)C1CCN(CCCN2c3cc(O)ccc3Sc3c2cccc3S(=O)(=O)N(C)C)CC1. The maximum Gasteiger partial charge on any atom is 0.243 e. The molecule has 2 aliphatic rings. The third-order valence-electron chi connectivity index (χ3n) is 6.62. The summed E-state index contributed by atoms with van der Waals surface area (Å²) in [5.74, 6) is 0.583. The molecule has 1 saturated heterocycles. The van der Waals surface area contributed by atoms with Crippen LogP contribution in [0.4, 0.5) is 11.4 Å². The van der Waals surface area contributed by atoms with E-state index >= 15 is 0 Å². The fourth-order valence-corrected chi connectivity index (χ4v) is 7.12. The monoisotopic (exact) mass is 491 g/mol. The standard InChI is InChI=1S/C24H33N3O4S2/c1-17(28)18-10-14-26(15-11-18)12-5-13-27-20-6-4-7-23(33(30,31)25(2)3)24(20)32-22-9-8-19(29)16-21(22)27/h4,6-9,16-18,28-29H,5,10-15H2,1-3H3. The summed E-state index contributed by atoms with van der Waals surface area (Å²) in [7, 11) is -0.498. The highest BCUT2D eigenvalue weighted by Gasteiger charge is 2.31. The van der Waals surface area contributed by atoms with E-state index in [1.54, 1.807) is 38.4 Å². The van der Waals surface area contributed by atoms with Gasteiger partial charge in [-0.3, -0.25) is 0 Å². The highest BCUT2D eigenvalue weighted by atomic mass is 32.2. The van der Waals surface area contributed by atoms with Crippen molar-refractivity contribution in [3.8, 4) is 5.75 Å². The van der Waals surface area contributed by atoms with Crippen LogP contribution in [0.5, 0.6) is 5.75 Å². The maximum atomic E-state index is 13.0. The van der Waals surface area contributed by atoms with Crippen LogP contribution in [-0.2, 0) is 10.0 Å². The average Bonchev–Trinajstić information content (AvgIpc) is 2.78. The van der Waals surface area contributed by atoms with Gasteiger partial charge >= 0.3 is 0 Å². The fraction of sp³-hybridized carbons (Fsp3) is 0.500. The van der Waals surface area contributed by atoms with Gasteiger partial charge in [-0.05, 0) is 76.0 Å². The molecule has 1 fully saturated rings. The van der Waals surface area contributed by atoms with Crippen molar-refractivity contribution in [2.24, 2.45) is 5.92 Å². The lowest BCUT2D eigenvalue weighted by Crippen LogP contribution is -2.38. The van der Waals surface area contributed by atoms with Gasteiger partial charge in [0, 0.05) is 31.6 Å². The quantitative estimate of drug-likeness (QED) is 0.611. The lowest BCUT2D eigenvalue weighted by molar-refractivity contribution is 0.0717. The van der Waals surface area contributed by atoms with E-state index in [1.165, 1.54) is 16.1 Å². The number of anilines is 2. The second-order valence-electron chi connectivity index (χ2n) is 9.07. The molecule has 180 valence electrons. The maximum absolute atomic E-state index is 13.0. The zero-order valence-corrected chi connectivity index (χ0v) is 21.1. The second-order valence-corrected chi connectivity index (χ2v) is 12.2. The highest BCUT2D eigenvalue weighted by molar-refractivity contribution is 8.00. The first kappa shape index (κ1) is 24.3. The Kier molecular flexibility index (Phi) is 7.26. The fourth-order valence-electron chi connectivity index (χ4n) is 4.61. The Morgan fingerprint density at radius 3 is 2.52 bits per heavy atom. The van der Waals surface area contributed by atoms with Crippen molar-refractivity contribution < 1.29 is 18.6 Å². The number of phenolic OH excluding ortho intramolecular Hbond substituents is 1. The molecule has 1 unspecified atom stereocenters. The normalized spacial score (nSPS) is 18.3. The van der Waals surface area contributed by atoms with E-state index in [0.717, 1.165) is 60.1 Å². The Morgan fingerprint density at radius 2 is 1.85 bits per heavy atom. The molecule has 1 atom stereocenters. The summed E-state index contributed by atoms with van der Waals surface area (Å²) >= 11 is 1.44. The van der Waals surface area contributed by atoms with Crippen molar-refractivity contribution in [1.82, 2.24) is 9.21 Å². The molecule has 7 nitrogen and oxygen atoms in total. The number of aliphatic hydroxyl groups is 1. The van der Waals surface area contributed by atoms with E-state index in [9.17, 15) is 18.6 Å². The number of benzene rings is 2. The Balaban J connectivity index is 1.58. The predicted molar refractivity (Wildman–Crippen MR) is 132 cm³/mol. The Morgan fingerprint density at radius 1 is 1.12 bits per heavy atom. The summed E-state index contributed by atoms with van der Waals surface area (Å²) in [5, 5.41) is 20.0. The summed E-state index contributed by atoms with van der Waals surface area (Å²) in [6, 6.07) is 10.7. The number of aromatic hydroxyl groups is 1. The Bertz CT molecular complexity index is 1100. The van der Waals surface area contributed by atoms with Crippen molar-refractivity contribution >= 4 is 33.2 Å². The predicted octanol–water partition coefficient (Wildman–Crippen LogP) is 3.73.